The van der Waals surface area contributed by atoms with E-state index in [-0.39, 0.29) is 24.5 Å². The van der Waals surface area contributed by atoms with Gasteiger partial charge in [0.15, 0.2) is 6.61 Å². The SMILES string of the molecule is CC[C@H](C(=O)NC1CCCCC1)N(Cc1ccc(Cl)cc1)C(=O)COc1ccc(I)cc1. The van der Waals surface area contributed by atoms with Crippen molar-refractivity contribution >= 4 is 46.0 Å². The summed E-state index contributed by atoms with van der Waals surface area (Å²) in [6.45, 7) is 2.14. The Morgan fingerprint density at radius 2 is 1.75 bits per heavy atom. The van der Waals surface area contributed by atoms with Crippen molar-refractivity contribution in [2.45, 2.75) is 64.1 Å². The highest BCUT2D eigenvalue weighted by molar-refractivity contribution is 14.1. The molecule has 172 valence electrons. The molecule has 0 radical (unpaired) electrons. The zero-order chi connectivity index (χ0) is 22.9. The first-order valence-corrected chi connectivity index (χ1v) is 12.6. The molecule has 1 aliphatic carbocycles. The summed E-state index contributed by atoms with van der Waals surface area (Å²) in [5, 5.41) is 3.82. The molecule has 0 bridgehead atoms. The van der Waals surface area contributed by atoms with Crippen LogP contribution in [0.5, 0.6) is 5.75 Å². The number of hydrogen-bond donors (Lipinski definition) is 1. The number of halogens is 2. The van der Waals surface area contributed by atoms with E-state index in [0.717, 1.165) is 34.8 Å². The van der Waals surface area contributed by atoms with Crippen molar-refractivity contribution in [2.75, 3.05) is 6.61 Å². The Balaban J connectivity index is 1.73. The molecule has 0 aromatic heterocycles. The first kappa shape index (κ1) is 24.8. The van der Waals surface area contributed by atoms with Gasteiger partial charge in [-0.25, -0.2) is 0 Å². The molecular weight excluding hydrogens is 539 g/mol. The number of nitrogens with zero attached hydrogens (tertiary/aromatic N) is 1. The second kappa shape index (κ2) is 12.4. The van der Waals surface area contributed by atoms with E-state index in [1.807, 2.05) is 43.3 Å². The maximum absolute atomic E-state index is 13.2. The van der Waals surface area contributed by atoms with E-state index in [1.165, 1.54) is 6.42 Å². The largest absolute Gasteiger partial charge is 0.484 e. The zero-order valence-corrected chi connectivity index (χ0v) is 21.3. The van der Waals surface area contributed by atoms with Crippen molar-refractivity contribution in [1.29, 1.82) is 0 Å². The van der Waals surface area contributed by atoms with Gasteiger partial charge in [-0.05, 0) is 83.8 Å². The molecule has 32 heavy (non-hydrogen) atoms. The molecule has 1 aliphatic rings. The molecule has 1 fully saturated rings. The maximum atomic E-state index is 13.2. The molecule has 2 aromatic rings. The monoisotopic (exact) mass is 568 g/mol. The average Bonchev–Trinajstić information content (AvgIpc) is 2.80. The van der Waals surface area contributed by atoms with Gasteiger partial charge in [0.05, 0.1) is 0 Å². The molecule has 0 unspecified atom stereocenters. The van der Waals surface area contributed by atoms with Gasteiger partial charge in [0.2, 0.25) is 5.91 Å². The molecule has 3 rings (SSSR count). The number of ether oxygens (including phenoxy) is 1. The van der Waals surface area contributed by atoms with E-state index in [9.17, 15) is 9.59 Å². The highest BCUT2D eigenvalue weighted by Crippen LogP contribution is 2.20. The average molecular weight is 569 g/mol. The first-order chi connectivity index (χ1) is 15.5. The van der Waals surface area contributed by atoms with Crippen molar-refractivity contribution in [3.8, 4) is 5.75 Å². The molecule has 0 spiro atoms. The lowest BCUT2D eigenvalue weighted by Crippen LogP contribution is -2.52. The third-order valence-electron chi connectivity index (χ3n) is 5.78. The minimum Gasteiger partial charge on any atom is -0.484 e. The Morgan fingerprint density at radius 1 is 1.09 bits per heavy atom. The van der Waals surface area contributed by atoms with Crippen molar-refractivity contribution < 1.29 is 14.3 Å². The fourth-order valence-electron chi connectivity index (χ4n) is 4.01. The predicted molar refractivity (Wildman–Crippen MR) is 136 cm³/mol. The van der Waals surface area contributed by atoms with Gasteiger partial charge in [-0.1, -0.05) is 49.9 Å². The van der Waals surface area contributed by atoms with Gasteiger partial charge in [0, 0.05) is 21.2 Å². The summed E-state index contributed by atoms with van der Waals surface area (Å²) in [4.78, 5) is 28.1. The number of carbonyl (C=O) groups excluding carboxylic acids is 2. The topological polar surface area (TPSA) is 58.6 Å². The Bertz CT molecular complexity index is 883. The van der Waals surface area contributed by atoms with Crippen LogP contribution >= 0.6 is 34.2 Å². The van der Waals surface area contributed by atoms with Crippen LogP contribution in [0.4, 0.5) is 0 Å². The molecular formula is C25H30ClIN2O3. The normalized spacial score (nSPS) is 15.1. The standard InChI is InChI=1S/C25H30ClIN2O3/c1-2-23(25(31)28-21-6-4-3-5-7-21)29(16-18-8-10-19(26)11-9-18)24(30)17-32-22-14-12-20(27)13-15-22/h8-15,21,23H,2-7,16-17H2,1H3,(H,28,31)/t23-/m1/s1. The van der Waals surface area contributed by atoms with Gasteiger partial charge in [0.1, 0.15) is 11.8 Å². The molecule has 1 saturated carbocycles. The number of rotatable bonds is 9. The van der Waals surface area contributed by atoms with Crippen LogP contribution in [0.15, 0.2) is 48.5 Å². The molecule has 5 nitrogen and oxygen atoms in total. The van der Waals surface area contributed by atoms with E-state index >= 15 is 0 Å². The summed E-state index contributed by atoms with van der Waals surface area (Å²) in [5.74, 6) is 0.324. The number of benzene rings is 2. The molecule has 7 heteroatoms. The molecule has 1 atom stereocenters. The minimum absolute atomic E-state index is 0.0871. The summed E-state index contributed by atoms with van der Waals surface area (Å²) in [6.07, 6.45) is 6.03. The smallest absolute Gasteiger partial charge is 0.261 e. The van der Waals surface area contributed by atoms with E-state index in [4.69, 9.17) is 16.3 Å². The van der Waals surface area contributed by atoms with Gasteiger partial charge >= 0.3 is 0 Å². The highest BCUT2D eigenvalue weighted by Gasteiger charge is 2.30. The van der Waals surface area contributed by atoms with E-state index in [0.29, 0.717) is 23.7 Å². The molecule has 2 amide bonds. The van der Waals surface area contributed by atoms with E-state index in [1.54, 1.807) is 17.0 Å². The van der Waals surface area contributed by atoms with Gasteiger partial charge in [-0.15, -0.1) is 0 Å². The van der Waals surface area contributed by atoms with Gasteiger partial charge in [-0.2, -0.15) is 0 Å². The summed E-state index contributed by atoms with van der Waals surface area (Å²) in [7, 11) is 0. The molecule has 2 aromatic carbocycles. The van der Waals surface area contributed by atoms with Crippen LogP contribution in [0.1, 0.15) is 51.0 Å². The van der Waals surface area contributed by atoms with Crippen molar-refractivity contribution in [2.24, 2.45) is 0 Å². The van der Waals surface area contributed by atoms with Crippen LogP contribution < -0.4 is 10.1 Å². The fourth-order valence-corrected chi connectivity index (χ4v) is 4.49. The molecule has 0 saturated heterocycles. The second-order valence-corrected chi connectivity index (χ2v) is 9.84. The van der Waals surface area contributed by atoms with E-state index in [2.05, 4.69) is 27.9 Å². The Hall–Kier alpha value is -1.80. The predicted octanol–water partition coefficient (Wildman–Crippen LogP) is 5.58. The number of carbonyl (C=O) groups is 2. The second-order valence-electron chi connectivity index (χ2n) is 8.16. The molecule has 1 N–H and O–H groups in total. The lowest BCUT2D eigenvalue weighted by molar-refractivity contribution is -0.143. The van der Waals surface area contributed by atoms with Crippen LogP contribution in [-0.4, -0.2) is 35.4 Å². The van der Waals surface area contributed by atoms with Gasteiger partial charge in [-0.3, -0.25) is 9.59 Å². The summed E-state index contributed by atoms with van der Waals surface area (Å²) in [6, 6.07) is 14.5. The summed E-state index contributed by atoms with van der Waals surface area (Å²) in [5.41, 5.74) is 0.918. The lowest BCUT2D eigenvalue weighted by atomic mass is 9.95. The number of amides is 2. The van der Waals surface area contributed by atoms with Gasteiger partial charge in [0.25, 0.3) is 5.91 Å². The van der Waals surface area contributed by atoms with Crippen LogP contribution in [0, 0.1) is 3.57 Å². The lowest BCUT2D eigenvalue weighted by Gasteiger charge is -2.32. The van der Waals surface area contributed by atoms with Gasteiger partial charge < -0.3 is 15.0 Å². The minimum atomic E-state index is -0.555. The third kappa shape index (κ3) is 7.37. The quantitative estimate of drug-likeness (QED) is 0.402. The first-order valence-electron chi connectivity index (χ1n) is 11.2. The van der Waals surface area contributed by atoms with Crippen molar-refractivity contribution in [3.63, 3.8) is 0 Å². The van der Waals surface area contributed by atoms with Crippen LogP contribution in [0.25, 0.3) is 0 Å². The Kier molecular flexibility index (Phi) is 9.66. The van der Waals surface area contributed by atoms with E-state index < -0.39 is 6.04 Å². The van der Waals surface area contributed by atoms with Crippen molar-refractivity contribution in [3.05, 3.63) is 62.7 Å². The maximum Gasteiger partial charge on any atom is 0.261 e. The molecule has 0 heterocycles. The zero-order valence-electron chi connectivity index (χ0n) is 18.4. The Labute approximate surface area is 209 Å². The number of nitrogens with one attached hydrogen (secondary N) is 1. The number of hydrogen-bond acceptors (Lipinski definition) is 3. The summed E-state index contributed by atoms with van der Waals surface area (Å²) >= 11 is 8.25. The Morgan fingerprint density at radius 3 is 2.38 bits per heavy atom. The van der Waals surface area contributed by atoms with Crippen LogP contribution in [0.2, 0.25) is 5.02 Å². The molecule has 0 aliphatic heterocycles. The van der Waals surface area contributed by atoms with Crippen LogP contribution in [-0.2, 0) is 16.1 Å². The highest BCUT2D eigenvalue weighted by atomic mass is 127. The fraction of sp³-hybridized carbons (Fsp3) is 0.440. The third-order valence-corrected chi connectivity index (χ3v) is 6.75. The van der Waals surface area contributed by atoms with Crippen molar-refractivity contribution in [1.82, 2.24) is 10.2 Å². The summed E-state index contributed by atoms with van der Waals surface area (Å²) < 4.78 is 6.83. The van der Waals surface area contributed by atoms with Crippen LogP contribution in [0.3, 0.4) is 0 Å².